The molecule has 2 heterocycles. The van der Waals surface area contributed by atoms with E-state index in [2.05, 4.69) is 0 Å². The van der Waals surface area contributed by atoms with Crippen molar-refractivity contribution in [2.75, 3.05) is 19.7 Å². The maximum atomic E-state index is 12.6. The zero-order valence-electron chi connectivity index (χ0n) is 11.7. The number of aliphatic hydroxyl groups is 2. The fourth-order valence-electron chi connectivity index (χ4n) is 2.83. The molecule has 112 valence electrons. The van der Waals surface area contributed by atoms with Gasteiger partial charge >= 0.3 is 0 Å². The van der Waals surface area contributed by atoms with Gasteiger partial charge in [-0.1, -0.05) is 17.7 Å². The molecule has 2 N–H and O–H groups in total. The van der Waals surface area contributed by atoms with E-state index in [0.717, 1.165) is 10.9 Å². The lowest BCUT2D eigenvalue weighted by Gasteiger charge is -2.21. The number of carbonyl (C=O) groups is 1. The van der Waals surface area contributed by atoms with Crippen molar-refractivity contribution in [2.45, 2.75) is 12.0 Å². The lowest BCUT2D eigenvalue weighted by Crippen LogP contribution is -2.39. The van der Waals surface area contributed by atoms with Crippen molar-refractivity contribution in [3.05, 3.63) is 35.0 Å². The second-order valence-corrected chi connectivity index (χ2v) is 6.09. The van der Waals surface area contributed by atoms with Crippen LogP contribution in [0.5, 0.6) is 0 Å². The number of aryl methyl sites for hydroxylation is 1. The lowest BCUT2D eigenvalue weighted by atomic mass is 10.1. The van der Waals surface area contributed by atoms with Crippen LogP contribution in [-0.4, -0.2) is 50.9 Å². The van der Waals surface area contributed by atoms with E-state index in [1.165, 1.54) is 0 Å². The molecule has 0 unspecified atom stereocenters. The molecule has 0 bridgehead atoms. The minimum absolute atomic E-state index is 0.144. The van der Waals surface area contributed by atoms with E-state index in [0.29, 0.717) is 23.7 Å². The van der Waals surface area contributed by atoms with Crippen LogP contribution in [0.2, 0.25) is 5.02 Å². The number of hydrogen-bond acceptors (Lipinski definition) is 3. The summed E-state index contributed by atoms with van der Waals surface area (Å²) >= 11 is 5.99. The minimum Gasteiger partial charge on any atom is -0.393 e. The van der Waals surface area contributed by atoms with Crippen molar-refractivity contribution >= 4 is 28.4 Å². The molecular formula is C15H17ClN2O3. The van der Waals surface area contributed by atoms with Gasteiger partial charge in [0.15, 0.2) is 0 Å². The Kier molecular flexibility index (Phi) is 3.43. The topological polar surface area (TPSA) is 65.7 Å². The predicted octanol–water partition coefficient (Wildman–Crippen LogP) is 1.40. The van der Waals surface area contributed by atoms with E-state index < -0.39 is 5.60 Å². The van der Waals surface area contributed by atoms with Crippen LogP contribution >= 0.6 is 11.6 Å². The van der Waals surface area contributed by atoms with E-state index in [9.17, 15) is 15.0 Å². The molecule has 1 saturated heterocycles. The van der Waals surface area contributed by atoms with Crippen molar-refractivity contribution in [2.24, 2.45) is 7.05 Å². The summed E-state index contributed by atoms with van der Waals surface area (Å²) in [6.07, 6.45) is 0.394. The smallest absolute Gasteiger partial charge is 0.270 e. The Bertz CT molecular complexity index is 712. The van der Waals surface area contributed by atoms with Gasteiger partial charge in [-0.25, -0.2) is 0 Å². The number of β-amino-alcohol motifs (C(OH)–C–C–N with tert-alkyl or cyclic N) is 1. The summed E-state index contributed by atoms with van der Waals surface area (Å²) in [5, 5.41) is 20.8. The Morgan fingerprint density at radius 2 is 2.19 bits per heavy atom. The Balaban J connectivity index is 1.94. The minimum atomic E-state index is -1.18. The predicted molar refractivity (Wildman–Crippen MR) is 80.5 cm³/mol. The highest BCUT2D eigenvalue weighted by Crippen LogP contribution is 2.26. The molecule has 1 atom stereocenters. The first-order chi connectivity index (χ1) is 9.93. The van der Waals surface area contributed by atoms with Crippen molar-refractivity contribution in [3.8, 4) is 0 Å². The van der Waals surface area contributed by atoms with Gasteiger partial charge in [-0.05, 0) is 24.6 Å². The standard InChI is InChI=1S/C15H17ClN2O3/c1-17-12-7-11(16)3-2-10(12)6-13(17)14(20)18-5-4-15(21,8-18)9-19/h2-3,6-7,19,21H,4-5,8-9H2,1H3/t15-/m0/s1. The summed E-state index contributed by atoms with van der Waals surface area (Å²) in [7, 11) is 1.82. The van der Waals surface area contributed by atoms with Crippen LogP contribution in [-0.2, 0) is 7.05 Å². The highest BCUT2D eigenvalue weighted by molar-refractivity contribution is 6.31. The number of likely N-dealkylation sites (tertiary alicyclic amines) is 1. The molecular weight excluding hydrogens is 292 g/mol. The molecule has 0 aliphatic carbocycles. The van der Waals surface area contributed by atoms with E-state index in [-0.39, 0.29) is 19.1 Å². The fourth-order valence-corrected chi connectivity index (χ4v) is 3.00. The third-order valence-corrected chi connectivity index (χ3v) is 4.38. The summed E-state index contributed by atoms with van der Waals surface area (Å²) in [5.41, 5.74) is 0.265. The average Bonchev–Trinajstić information content (AvgIpc) is 3.01. The molecule has 1 aliphatic rings. The van der Waals surface area contributed by atoms with Gasteiger partial charge in [0.05, 0.1) is 13.2 Å². The van der Waals surface area contributed by atoms with Crippen LogP contribution in [0.1, 0.15) is 16.9 Å². The number of fused-ring (bicyclic) bond motifs is 1. The fraction of sp³-hybridized carbons (Fsp3) is 0.400. The molecule has 0 saturated carbocycles. The summed E-state index contributed by atoms with van der Waals surface area (Å²) in [5.74, 6) is -0.144. The first kappa shape index (κ1) is 14.4. The molecule has 1 aromatic heterocycles. The molecule has 1 aromatic carbocycles. The van der Waals surface area contributed by atoms with Crippen LogP contribution in [0.4, 0.5) is 0 Å². The normalized spacial score (nSPS) is 22.2. The first-order valence-corrected chi connectivity index (χ1v) is 7.19. The van der Waals surface area contributed by atoms with Crippen LogP contribution in [0.15, 0.2) is 24.3 Å². The molecule has 0 spiro atoms. The first-order valence-electron chi connectivity index (χ1n) is 6.81. The Labute approximate surface area is 127 Å². The molecule has 1 fully saturated rings. The SMILES string of the molecule is Cn1c(C(=O)N2CC[C@@](O)(CO)C2)cc2ccc(Cl)cc21. The Hall–Kier alpha value is -1.56. The van der Waals surface area contributed by atoms with E-state index in [1.807, 2.05) is 25.2 Å². The van der Waals surface area contributed by atoms with Gasteiger partial charge in [-0.3, -0.25) is 4.79 Å². The summed E-state index contributed by atoms with van der Waals surface area (Å²) in [6, 6.07) is 7.31. The zero-order valence-corrected chi connectivity index (χ0v) is 12.5. The van der Waals surface area contributed by atoms with E-state index in [4.69, 9.17) is 11.6 Å². The number of benzene rings is 1. The maximum absolute atomic E-state index is 12.6. The van der Waals surface area contributed by atoms with Crippen molar-refractivity contribution < 1.29 is 15.0 Å². The number of aliphatic hydroxyl groups excluding tert-OH is 1. The molecule has 5 nitrogen and oxygen atoms in total. The average molecular weight is 309 g/mol. The van der Waals surface area contributed by atoms with Crippen LogP contribution < -0.4 is 0 Å². The van der Waals surface area contributed by atoms with Crippen molar-refractivity contribution in [1.29, 1.82) is 0 Å². The number of carbonyl (C=O) groups excluding carboxylic acids is 1. The number of hydrogen-bond donors (Lipinski definition) is 2. The van der Waals surface area contributed by atoms with Gasteiger partial charge in [-0.15, -0.1) is 0 Å². The van der Waals surface area contributed by atoms with E-state index in [1.54, 1.807) is 15.5 Å². The maximum Gasteiger partial charge on any atom is 0.270 e. The monoisotopic (exact) mass is 308 g/mol. The molecule has 2 aromatic rings. The van der Waals surface area contributed by atoms with Gasteiger partial charge in [0.25, 0.3) is 5.91 Å². The van der Waals surface area contributed by atoms with E-state index >= 15 is 0 Å². The van der Waals surface area contributed by atoms with Crippen LogP contribution in [0.25, 0.3) is 10.9 Å². The molecule has 0 radical (unpaired) electrons. The number of nitrogens with zero attached hydrogens (tertiary/aromatic N) is 2. The highest BCUT2D eigenvalue weighted by Gasteiger charge is 2.38. The number of amides is 1. The second kappa shape index (κ2) is 5.02. The molecule has 21 heavy (non-hydrogen) atoms. The molecule has 6 heteroatoms. The highest BCUT2D eigenvalue weighted by atomic mass is 35.5. The summed E-state index contributed by atoms with van der Waals surface area (Å²) in [4.78, 5) is 14.2. The van der Waals surface area contributed by atoms with Gasteiger partial charge in [0.2, 0.25) is 0 Å². The third kappa shape index (κ3) is 2.41. The van der Waals surface area contributed by atoms with Gasteiger partial charge in [0, 0.05) is 29.5 Å². The van der Waals surface area contributed by atoms with Gasteiger partial charge in [0.1, 0.15) is 11.3 Å². The van der Waals surface area contributed by atoms with Crippen molar-refractivity contribution in [1.82, 2.24) is 9.47 Å². The van der Waals surface area contributed by atoms with Gasteiger partial charge in [-0.2, -0.15) is 0 Å². The lowest BCUT2D eigenvalue weighted by molar-refractivity contribution is -0.00462. The molecule has 3 rings (SSSR count). The van der Waals surface area contributed by atoms with Crippen LogP contribution in [0, 0.1) is 0 Å². The molecule has 1 amide bonds. The second-order valence-electron chi connectivity index (χ2n) is 5.65. The summed E-state index contributed by atoms with van der Waals surface area (Å²) in [6.45, 7) is 0.268. The van der Waals surface area contributed by atoms with Crippen molar-refractivity contribution in [3.63, 3.8) is 0 Å². The number of rotatable bonds is 2. The molecule has 1 aliphatic heterocycles. The van der Waals surface area contributed by atoms with Crippen LogP contribution in [0.3, 0.4) is 0 Å². The summed E-state index contributed by atoms with van der Waals surface area (Å²) < 4.78 is 1.81. The zero-order chi connectivity index (χ0) is 15.2. The quantitative estimate of drug-likeness (QED) is 0.881. The number of halogens is 1. The Morgan fingerprint density at radius 1 is 1.43 bits per heavy atom. The largest absolute Gasteiger partial charge is 0.393 e. The Morgan fingerprint density at radius 3 is 2.86 bits per heavy atom. The third-order valence-electron chi connectivity index (χ3n) is 4.14. The van der Waals surface area contributed by atoms with Gasteiger partial charge < -0.3 is 19.7 Å². The number of aromatic nitrogens is 1.